The first-order chi connectivity index (χ1) is 10.1. The van der Waals surface area contributed by atoms with Crippen LogP contribution in [-0.2, 0) is 0 Å². The fourth-order valence-electron chi connectivity index (χ4n) is 2.73. The number of likely N-dealkylation sites (tertiary alicyclic amines) is 1. The summed E-state index contributed by atoms with van der Waals surface area (Å²) in [6, 6.07) is 1.93. The first-order valence-electron chi connectivity index (χ1n) is 7.23. The van der Waals surface area contributed by atoms with E-state index in [0.29, 0.717) is 18.1 Å². The lowest BCUT2D eigenvalue weighted by Crippen LogP contribution is -2.41. The monoisotopic (exact) mass is 285 g/mol. The lowest BCUT2D eigenvalue weighted by molar-refractivity contribution is 0.0666. The first-order valence-corrected chi connectivity index (χ1v) is 7.23. The van der Waals surface area contributed by atoms with Crippen LogP contribution in [0.25, 0.3) is 0 Å². The van der Waals surface area contributed by atoms with Crippen molar-refractivity contribution in [1.29, 1.82) is 0 Å². The Bertz CT molecular complexity index is 651. The molecule has 3 heterocycles. The number of hydrogen-bond acceptors (Lipinski definition) is 4. The highest BCUT2D eigenvalue weighted by atomic mass is 16.2. The van der Waals surface area contributed by atoms with Crippen molar-refractivity contribution in [3.8, 4) is 0 Å². The van der Waals surface area contributed by atoms with E-state index in [1.807, 2.05) is 28.9 Å². The molecule has 2 aromatic heterocycles. The first kappa shape index (κ1) is 13.7. The molecule has 1 atom stereocenters. The van der Waals surface area contributed by atoms with E-state index in [2.05, 4.69) is 15.1 Å². The van der Waals surface area contributed by atoms with Gasteiger partial charge in [0.25, 0.3) is 5.91 Å². The van der Waals surface area contributed by atoms with Crippen LogP contribution in [0.5, 0.6) is 0 Å². The van der Waals surface area contributed by atoms with Crippen molar-refractivity contribution in [1.82, 2.24) is 24.6 Å². The van der Waals surface area contributed by atoms with E-state index in [4.69, 9.17) is 0 Å². The molecule has 2 aromatic rings. The van der Waals surface area contributed by atoms with Crippen LogP contribution in [0.4, 0.5) is 0 Å². The summed E-state index contributed by atoms with van der Waals surface area (Å²) < 4.78 is 1.97. The Hall–Kier alpha value is -2.24. The van der Waals surface area contributed by atoms with Crippen molar-refractivity contribution < 1.29 is 4.79 Å². The number of piperidine rings is 1. The Morgan fingerprint density at radius 3 is 2.95 bits per heavy atom. The summed E-state index contributed by atoms with van der Waals surface area (Å²) in [6.07, 6.45) is 7.56. The Morgan fingerprint density at radius 1 is 1.38 bits per heavy atom. The molecule has 0 aliphatic carbocycles. The number of hydrogen-bond donors (Lipinski definition) is 0. The maximum absolute atomic E-state index is 12.5. The van der Waals surface area contributed by atoms with Crippen LogP contribution in [-0.4, -0.2) is 43.6 Å². The quantitative estimate of drug-likeness (QED) is 0.843. The molecule has 6 nitrogen and oxygen atoms in total. The molecular formula is C15H19N5O. The van der Waals surface area contributed by atoms with Gasteiger partial charge in [0, 0.05) is 25.5 Å². The van der Waals surface area contributed by atoms with E-state index in [1.165, 1.54) is 0 Å². The van der Waals surface area contributed by atoms with Crippen LogP contribution in [0.1, 0.15) is 40.8 Å². The van der Waals surface area contributed by atoms with Gasteiger partial charge in [-0.2, -0.15) is 5.10 Å². The van der Waals surface area contributed by atoms with E-state index < -0.39 is 0 Å². The molecule has 0 aromatic carbocycles. The van der Waals surface area contributed by atoms with Gasteiger partial charge in [-0.05, 0) is 38.3 Å². The van der Waals surface area contributed by atoms with E-state index in [0.717, 1.165) is 24.9 Å². The SMILES string of the molecule is Cc1cnn([C@@H]2CCCN(C(=O)c3ccnc(C)n3)C2)c1. The highest BCUT2D eigenvalue weighted by Gasteiger charge is 2.26. The molecule has 0 bridgehead atoms. The van der Waals surface area contributed by atoms with E-state index in [1.54, 1.807) is 19.2 Å². The molecule has 0 saturated carbocycles. The zero-order valence-electron chi connectivity index (χ0n) is 12.4. The van der Waals surface area contributed by atoms with Gasteiger partial charge < -0.3 is 4.90 Å². The molecule has 0 unspecified atom stereocenters. The standard InChI is InChI=1S/C15H19N5O/c1-11-8-17-20(9-11)13-4-3-7-19(10-13)15(21)14-5-6-16-12(2)18-14/h5-6,8-9,13H,3-4,7,10H2,1-2H3/t13-/m1/s1. The van der Waals surface area contributed by atoms with Crippen molar-refractivity contribution in [2.45, 2.75) is 32.7 Å². The third-order valence-electron chi connectivity index (χ3n) is 3.78. The number of carbonyl (C=O) groups excluding carboxylic acids is 1. The molecular weight excluding hydrogens is 266 g/mol. The van der Waals surface area contributed by atoms with Gasteiger partial charge in [-0.25, -0.2) is 9.97 Å². The lowest BCUT2D eigenvalue weighted by atomic mass is 10.1. The number of aromatic nitrogens is 4. The molecule has 0 spiro atoms. The van der Waals surface area contributed by atoms with Gasteiger partial charge in [0.2, 0.25) is 0 Å². The van der Waals surface area contributed by atoms with E-state index in [9.17, 15) is 4.79 Å². The average Bonchev–Trinajstić information content (AvgIpc) is 2.93. The lowest BCUT2D eigenvalue weighted by Gasteiger charge is -2.32. The van der Waals surface area contributed by atoms with Gasteiger partial charge in [0.05, 0.1) is 12.2 Å². The van der Waals surface area contributed by atoms with Gasteiger partial charge in [-0.1, -0.05) is 0 Å². The van der Waals surface area contributed by atoms with Crippen LogP contribution in [0, 0.1) is 13.8 Å². The van der Waals surface area contributed by atoms with Crippen LogP contribution in [0.15, 0.2) is 24.7 Å². The number of nitrogens with zero attached hydrogens (tertiary/aromatic N) is 5. The molecule has 0 N–H and O–H groups in total. The maximum Gasteiger partial charge on any atom is 0.272 e. The van der Waals surface area contributed by atoms with Gasteiger partial charge in [-0.3, -0.25) is 9.48 Å². The molecule has 1 aliphatic heterocycles. The molecule has 0 radical (unpaired) electrons. The van der Waals surface area contributed by atoms with Gasteiger partial charge >= 0.3 is 0 Å². The number of amides is 1. The normalized spacial score (nSPS) is 18.8. The Labute approximate surface area is 123 Å². The second kappa shape index (κ2) is 5.63. The Balaban J connectivity index is 1.75. The van der Waals surface area contributed by atoms with Crippen LogP contribution in [0.2, 0.25) is 0 Å². The summed E-state index contributed by atoms with van der Waals surface area (Å²) in [7, 11) is 0. The number of rotatable bonds is 2. The summed E-state index contributed by atoms with van der Waals surface area (Å²) >= 11 is 0. The summed E-state index contributed by atoms with van der Waals surface area (Å²) in [6.45, 7) is 5.28. The highest BCUT2D eigenvalue weighted by Crippen LogP contribution is 2.22. The van der Waals surface area contributed by atoms with Crippen LogP contribution < -0.4 is 0 Å². The molecule has 110 valence electrons. The maximum atomic E-state index is 12.5. The van der Waals surface area contributed by atoms with Crippen LogP contribution >= 0.6 is 0 Å². The topological polar surface area (TPSA) is 63.9 Å². The Kier molecular flexibility index (Phi) is 3.68. The van der Waals surface area contributed by atoms with Gasteiger partial charge in [-0.15, -0.1) is 0 Å². The fourth-order valence-corrected chi connectivity index (χ4v) is 2.73. The minimum Gasteiger partial charge on any atom is -0.335 e. The smallest absolute Gasteiger partial charge is 0.272 e. The molecule has 21 heavy (non-hydrogen) atoms. The molecule has 3 rings (SSSR count). The number of aryl methyl sites for hydroxylation is 2. The van der Waals surface area contributed by atoms with Crippen molar-refractivity contribution in [3.05, 3.63) is 41.7 Å². The molecule has 1 aliphatic rings. The third kappa shape index (κ3) is 2.94. The molecule has 6 heteroatoms. The highest BCUT2D eigenvalue weighted by molar-refractivity contribution is 5.92. The van der Waals surface area contributed by atoms with Crippen molar-refractivity contribution in [3.63, 3.8) is 0 Å². The minimum atomic E-state index is -0.0194. The number of carbonyl (C=O) groups is 1. The summed E-state index contributed by atoms with van der Waals surface area (Å²) in [5.41, 5.74) is 1.62. The van der Waals surface area contributed by atoms with E-state index >= 15 is 0 Å². The van der Waals surface area contributed by atoms with Crippen LogP contribution in [0.3, 0.4) is 0 Å². The fraction of sp³-hybridized carbons (Fsp3) is 0.467. The second-order valence-electron chi connectivity index (χ2n) is 5.53. The Morgan fingerprint density at radius 2 is 2.24 bits per heavy atom. The zero-order chi connectivity index (χ0) is 14.8. The van der Waals surface area contributed by atoms with Crippen molar-refractivity contribution in [2.75, 3.05) is 13.1 Å². The minimum absolute atomic E-state index is 0.0194. The van der Waals surface area contributed by atoms with Crippen molar-refractivity contribution >= 4 is 5.91 Å². The molecule has 1 saturated heterocycles. The van der Waals surface area contributed by atoms with E-state index in [-0.39, 0.29) is 11.9 Å². The van der Waals surface area contributed by atoms with Crippen molar-refractivity contribution in [2.24, 2.45) is 0 Å². The predicted octanol–water partition coefficient (Wildman–Crippen LogP) is 1.77. The zero-order valence-corrected chi connectivity index (χ0v) is 12.4. The predicted molar refractivity (Wildman–Crippen MR) is 77.9 cm³/mol. The summed E-state index contributed by atoms with van der Waals surface area (Å²) in [5.74, 6) is 0.603. The van der Waals surface area contributed by atoms with Gasteiger partial charge in [0.1, 0.15) is 11.5 Å². The largest absolute Gasteiger partial charge is 0.335 e. The molecule has 1 fully saturated rings. The second-order valence-corrected chi connectivity index (χ2v) is 5.53. The average molecular weight is 285 g/mol. The third-order valence-corrected chi connectivity index (χ3v) is 3.78. The van der Waals surface area contributed by atoms with Gasteiger partial charge in [0.15, 0.2) is 0 Å². The summed E-state index contributed by atoms with van der Waals surface area (Å²) in [5, 5.41) is 4.37. The summed E-state index contributed by atoms with van der Waals surface area (Å²) in [4.78, 5) is 22.7. The molecule has 1 amide bonds.